The fourth-order valence-electron chi connectivity index (χ4n) is 6.14. The zero-order chi connectivity index (χ0) is 10.2. The molecule has 0 N–H and O–H groups in total. The monoisotopic (exact) mass is 202 g/mol. The third-order valence-electron chi connectivity index (χ3n) is 6.40. The Kier molecular flexibility index (Phi) is 1.49. The summed E-state index contributed by atoms with van der Waals surface area (Å²) in [4.78, 5) is 0. The van der Waals surface area contributed by atoms with Gasteiger partial charge in [0.05, 0.1) is 0 Å². The Morgan fingerprint density at radius 2 is 2.13 bits per heavy atom. The Morgan fingerprint density at radius 1 is 1.33 bits per heavy atom. The van der Waals surface area contributed by atoms with Gasteiger partial charge in [0.25, 0.3) is 0 Å². The highest BCUT2D eigenvalue weighted by molar-refractivity contribution is 5.32. The standard InChI is InChI=1S/C15H22/c1-3-12-7-11-8-15(12,2)14-10-5-4-9(6-10)13(11)14/h7,9-11,13-14H,3-6,8H2,1-2H3. The van der Waals surface area contributed by atoms with Crippen LogP contribution < -0.4 is 0 Å². The molecular weight excluding hydrogens is 180 g/mol. The Hall–Kier alpha value is -0.260. The van der Waals surface area contributed by atoms with Crippen molar-refractivity contribution in [3.8, 4) is 0 Å². The lowest BCUT2D eigenvalue weighted by Crippen LogP contribution is -2.33. The lowest BCUT2D eigenvalue weighted by atomic mass is 9.64. The molecule has 6 unspecified atom stereocenters. The average molecular weight is 202 g/mol. The van der Waals surface area contributed by atoms with E-state index < -0.39 is 0 Å². The fourth-order valence-corrected chi connectivity index (χ4v) is 6.14. The molecule has 0 aromatic carbocycles. The first-order valence-corrected chi connectivity index (χ1v) is 6.95. The van der Waals surface area contributed by atoms with Gasteiger partial charge in [0.15, 0.2) is 0 Å². The number of hydrogen-bond acceptors (Lipinski definition) is 0. The molecule has 4 bridgehead atoms. The van der Waals surface area contributed by atoms with Gasteiger partial charge < -0.3 is 0 Å². The van der Waals surface area contributed by atoms with Crippen LogP contribution in [0.15, 0.2) is 11.6 Å². The Bertz CT molecular complexity index is 340. The third-order valence-corrected chi connectivity index (χ3v) is 6.40. The van der Waals surface area contributed by atoms with E-state index in [9.17, 15) is 0 Å². The van der Waals surface area contributed by atoms with Crippen molar-refractivity contribution in [2.45, 2.75) is 46.0 Å². The van der Waals surface area contributed by atoms with Gasteiger partial charge in [0, 0.05) is 0 Å². The van der Waals surface area contributed by atoms with Crippen LogP contribution in [0, 0.1) is 35.0 Å². The molecule has 0 aliphatic heterocycles. The molecule has 0 nitrogen and oxygen atoms in total. The summed E-state index contributed by atoms with van der Waals surface area (Å²) in [6.45, 7) is 4.95. The summed E-state index contributed by atoms with van der Waals surface area (Å²) in [5.74, 6) is 5.45. The lowest BCUT2D eigenvalue weighted by molar-refractivity contribution is 0.146. The molecule has 0 radical (unpaired) electrons. The molecule has 0 amide bonds. The molecule has 0 heteroatoms. The number of fused-ring (bicyclic) bond motifs is 9. The Balaban J connectivity index is 1.81. The molecule has 0 spiro atoms. The van der Waals surface area contributed by atoms with Gasteiger partial charge in [0.2, 0.25) is 0 Å². The summed E-state index contributed by atoms with van der Waals surface area (Å²) in [7, 11) is 0. The third kappa shape index (κ3) is 0.831. The van der Waals surface area contributed by atoms with Crippen LogP contribution in [-0.4, -0.2) is 0 Å². The highest BCUT2D eigenvalue weighted by Gasteiger charge is 2.64. The SMILES string of the molecule is CCC1=CC2CC1(C)C1C3CCC(C3)C21. The highest BCUT2D eigenvalue weighted by Crippen LogP contribution is 2.72. The quantitative estimate of drug-likeness (QED) is 0.445. The second-order valence-corrected chi connectivity index (χ2v) is 6.77. The van der Waals surface area contributed by atoms with Crippen LogP contribution in [0.2, 0.25) is 0 Å². The average Bonchev–Trinajstić information content (AvgIpc) is 2.90. The van der Waals surface area contributed by atoms with Gasteiger partial charge in [-0.05, 0) is 67.1 Å². The van der Waals surface area contributed by atoms with Crippen molar-refractivity contribution in [2.24, 2.45) is 35.0 Å². The largest absolute Gasteiger partial charge is 0.0813 e. The topological polar surface area (TPSA) is 0 Å². The van der Waals surface area contributed by atoms with Gasteiger partial charge in [-0.3, -0.25) is 0 Å². The van der Waals surface area contributed by atoms with Crippen LogP contribution in [0.1, 0.15) is 46.0 Å². The molecule has 4 aliphatic carbocycles. The van der Waals surface area contributed by atoms with E-state index in [1.54, 1.807) is 19.3 Å². The molecule has 0 heterocycles. The van der Waals surface area contributed by atoms with Gasteiger partial charge in [-0.1, -0.05) is 25.5 Å². The van der Waals surface area contributed by atoms with Crippen LogP contribution >= 0.6 is 0 Å². The molecule has 4 rings (SSSR count). The molecule has 82 valence electrons. The van der Waals surface area contributed by atoms with Crippen LogP contribution in [0.4, 0.5) is 0 Å². The van der Waals surface area contributed by atoms with Crippen molar-refractivity contribution in [1.29, 1.82) is 0 Å². The summed E-state index contributed by atoms with van der Waals surface area (Å²) < 4.78 is 0. The zero-order valence-electron chi connectivity index (χ0n) is 10.00. The van der Waals surface area contributed by atoms with E-state index in [0.29, 0.717) is 5.41 Å². The van der Waals surface area contributed by atoms with Crippen molar-refractivity contribution in [3.05, 3.63) is 11.6 Å². The van der Waals surface area contributed by atoms with Crippen molar-refractivity contribution in [1.82, 2.24) is 0 Å². The molecule has 4 aliphatic rings. The molecule has 0 saturated heterocycles. The minimum atomic E-state index is 0.643. The van der Waals surface area contributed by atoms with E-state index in [-0.39, 0.29) is 0 Å². The lowest BCUT2D eigenvalue weighted by Gasteiger charge is -2.40. The fraction of sp³-hybridized carbons (Fsp3) is 0.867. The molecule has 0 aromatic heterocycles. The smallest absolute Gasteiger partial charge is 0.00769 e. The molecule has 6 atom stereocenters. The number of rotatable bonds is 1. The van der Waals surface area contributed by atoms with Gasteiger partial charge in [-0.2, -0.15) is 0 Å². The van der Waals surface area contributed by atoms with Crippen molar-refractivity contribution < 1.29 is 0 Å². The summed E-state index contributed by atoms with van der Waals surface area (Å²) in [5.41, 5.74) is 2.46. The maximum atomic E-state index is 2.68. The molecule has 15 heavy (non-hydrogen) atoms. The maximum absolute atomic E-state index is 2.68. The first-order chi connectivity index (χ1) is 7.24. The first kappa shape index (κ1) is 8.84. The second kappa shape index (κ2) is 2.52. The Labute approximate surface area is 93.1 Å². The van der Waals surface area contributed by atoms with E-state index in [1.165, 1.54) is 12.8 Å². The first-order valence-electron chi connectivity index (χ1n) is 6.95. The zero-order valence-corrected chi connectivity index (χ0v) is 10.00. The Morgan fingerprint density at radius 3 is 2.93 bits per heavy atom. The van der Waals surface area contributed by atoms with Crippen LogP contribution in [-0.2, 0) is 0 Å². The van der Waals surface area contributed by atoms with Crippen molar-refractivity contribution in [2.75, 3.05) is 0 Å². The number of allylic oxidation sites excluding steroid dienone is 2. The summed E-state index contributed by atoms with van der Waals surface area (Å²) in [6.07, 6.45) is 10.2. The number of hydrogen-bond donors (Lipinski definition) is 0. The van der Waals surface area contributed by atoms with E-state index in [1.807, 2.05) is 5.57 Å². The predicted octanol–water partition coefficient (Wildman–Crippen LogP) is 4.02. The highest BCUT2D eigenvalue weighted by atomic mass is 14.7. The van der Waals surface area contributed by atoms with E-state index >= 15 is 0 Å². The van der Waals surface area contributed by atoms with Crippen LogP contribution in [0.5, 0.6) is 0 Å². The van der Waals surface area contributed by atoms with Crippen molar-refractivity contribution in [3.63, 3.8) is 0 Å². The van der Waals surface area contributed by atoms with Crippen LogP contribution in [0.25, 0.3) is 0 Å². The molecule has 3 saturated carbocycles. The normalized spacial score (nSPS) is 59.9. The van der Waals surface area contributed by atoms with Crippen LogP contribution in [0.3, 0.4) is 0 Å². The summed E-state index contributed by atoms with van der Waals surface area (Å²) >= 11 is 0. The van der Waals surface area contributed by atoms with Gasteiger partial charge in [-0.15, -0.1) is 0 Å². The van der Waals surface area contributed by atoms with E-state index in [4.69, 9.17) is 0 Å². The molecular formula is C15H22. The summed E-state index contributed by atoms with van der Waals surface area (Å²) in [6, 6.07) is 0. The van der Waals surface area contributed by atoms with Gasteiger partial charge >= 0.3 is 0 Å². The van der Waals surface area contributed by atoms with E-state index in [0.717, 1.165) is 29.6 Å². The molecule has 3 fully saturated rings. The minimum Gasteiger partial charge on any atom is -0.0813 e. The maximum Gasteiger partial charge on any atom is -0.00769 e. The minimum absolute atomic E-state index is 0.643. The van der Waals surface area contributed by atoms with Gasteiger partial charge in [0.1, 0.15) is 0 Å². The molecule has 0 aromatic rings. The van der Waals surface area contributed by atoms with Crippen molar-refractivity contribution >= 4 is 0 Å². The second-order valence-electron chi connectivity index (χ2n) is 6.77. The van der Waals surface area contributed by atoms with E-state index in [2.05, 4.69) is 19.9 Å². The summed E-state index contributed by atoms with van der Waals surface area (Å²) in [5, 5.41) is 0. The van der Waals surface area contributed by atoms with Gasteiger partial charge in [-0.25, -0.2) is 0 Å². The predicted molar refractivity (Wildman–Crippen MR) is 62.4 cm³/mol.